The number of benzene rings is 1. The van der Waals surface area contributed by atoms with Crippen LogP contribution >= 0.6 is 0 Å². The summed E-state index contributed by atoms with van der Waals surface area (Å²) in [5.41, 5.74) is 1.73. The van der Waals surface area contributed by atoms with Gasteiger partial charge in [-0.25, -0.2) is 0 Å². The molecule has 1 aromatic heterocycles. The second kappa shape index (κ2) is 3.87. The van der Waals surface area contributed by atoms with Crippen LogP contribution in [0.1, 0.15) is 17.3 Å². The van der Waals surface area contributed by atoms with E-state index in [1.54, 1.807) is 6.20 Å². The molecule has 1 atom stereocenters. The summed E-state index contributed by atoms with van der Waals surface area (Å²) in [5.74, 6) is 0. The first kappa shape index (κ1) is 8.69. The fourth-order valence-electron chi connectivity index (χ4n) is 1.45. The van der Waals surface area contributed by atoms with E-state index in [0.29, 0.717) is 0 Å². The largest absolute Gasteiger partial charge is 0.363 e. The van der Waals surface area contributed by atoms with Gasteiger partial charge in [-0.2, -0.15) is 0 Å². The Morgan fingerprint density at radius 3 is 2.43 bits per heavy atom. The molecule has 2 rings (SSSR count). The Morgan fingerprint density at radius 2 is 1.86 bits per heavy atom. The number of nitroso groups, excluding NO2 is 1. The molecule has 0 radical (unpaired) electrons. The van der Waals surface area contributed by atoms with Crippen LogP contribution in [0.15, 0.2) is 53.8 Å². The molecule has 70 valence electrons. The highest BCUT2D eigenvalue weighted by Gasteiger charge is 2.14. The topological polar surface area (TPSA) is 45.2 Å². The molecule has 1 aromatic carbocycles. The lowest BCUT2D eigenvalue weighted by Gasteiger charge is -2.06. The minimum atomic E-state index is -0.425. The van der Waals surface area contributed by atoms with Crippen molar-refractivity contribution in [1.29, 1.82) is 0 Å². The normalized spacial score (nSPS) is 12.3. The average Bonchev–Trinajstić information content (AvgIpc) is 2.74. The van der Waals surface area contributed by atoms with Gasteiger partial charge in [0.05, 0.1) is 0 Å². The molecule has 0 saturated carbocycles. The van der Waals surface area contributed by atoms with Crippen LogP contribution in [0.2, 0.25) is 0 Å². The lowest BCUT2D eigenvalue weighted by molar-refractivity contribution is 0.832. The molecule has 0 aliphatic heterocycles. The Morgan fingerprint density at radius 1 is 1.07 bits per heavy atom. The minimum Gasteiger partial charge on any atom is -0.363 e. The molecule has 0 amide bonds. The molecule has 1 unspecified atom stereocenters. The lowest BCUT2D eigenvalue weighted by atomic mass is 10.1. The molecule has 14 heavy (non-hydrogen) atoms. The van der Waals surface area contributed by atoms with Crippen LogP contribution in [0.25, 0.3) is 0 Å². The monoisotopic (exact) mass is 186 g/mol. The zero-order chi connectivity index (χ0) is 9.80. The van der Waals surface area contributed by atoms with Crippen LogP contribution in [-0.2, 0) is 0 Å². The zero-order valence-corrected chi connectivity index (χ0v) is 7.55. The number of H-pyrrole nitrogens is 1. The predicted molar refractivity (Wildman–Crippen MR) is 54.9 cm³/mol. The maximum absolute atomic E-state index is 10.7. The van der Waals surface area contributed by atoms with Gasteiger partial charge in [0.1, 0.15) is 0 Å². The number of nitrogens with zero attached hydrogens (tertiary/aromatic N) is 1. The Hall–Kier alpha value is -1.90. The zero-order valence-electron chi connectivity index (χ0n) is 7.55. The van der Waals surface area contributed by atoms with E-state index in [1.807, 2.05) is 42.5 Å². The molecule has 0 saturated heterocycles. The molecule has 0 aliphatic rings. The smallest absolute Gasteiger partial charge is 0.157 e. The quantitative estimate of drug-likeness (QED) is 0.736. The highest BCUT2D eigenvalue weighted by Crippen LogP contribution is 2.23. The van der Waals surface area contributed by atoms with E-state index in [1.165, 1.54) is 0 Å². The number of aromatic amines is 1. The number of hydrogen-bond acceptors (Lipinski definition) is 2. The third kappa shape index (κ3) is 1.57. The van der Waals surface area contributed by atoms with E-state index in [2.05, 4.69) is 10.2 Å². The van der Waals surface area contributed by atoms with E-state index < -0.39 is 6.04 Å². The molecule has 1 heterocycles. The van der Waals surface area contributed by atoms with E-state index in [9.17, 15) is 4.91 Å². The minimum absolute atomic E-state index is 0.425. The van der Waals surface area contributed by atoms with Crippen molar-refractivity contribution in [3.05, 3.63) is 64.8 Å². The number of hydrogen-bond donors (Lipinski definition) is 1. The average molecular weight is 186 g/mol. The first-order chi connectivity index (χ1) is 6.92. The van der Waals surface area contributed by atoms with Gasteiger partial charge in [-0.3, -0.25) is 0 Å². The van der Waals surface area contributed by atoms with Gasteiger partial charge in [-0.1, -0.05) is 35.5 Å². The van der Waals surface area contributed by atoms with Crippen molar-refractivity contribution in [2.24, 2.45) is 5.18 Å². The summed E-state index contributed by atoms with van der Waals surface area (Å²) in [6.45, 7) is 0. The van der Waals surface area contributed by atoms with Crippen molar-refractivity contribution in [2.45, 2.75) is 6.04 Å². The molecule has 3 nitrogen and oxygen atoms in total. The molecular weight excluding hydrogens is 176 g/mol. The number of nitrogens with one attached hydrogen (secondary N) is 1. The Balaban J connectivity index is 2.36. The molecule has 0 spiro atoms. The molecule has 0 bridgehead atoms. The molecule has 3 heteroatoms. The van der Waals surface area contributed by atoms with E-state index >= 15 is 0 Å². The van der Waals surface area contributed by atoms with Crippen molar-refractivity contribution in [2.75, 3.05) is 0 Å². The summed E-state index contributed by atoms with van der Waals surface area (Å²) in [6.07, 6.45) is 1.79. The first-order valence-corrected chi connectivity index (χ1v) is 4.42. The van der Waals surface area contributed by atoms with Crippen LogP contribution < -0.4 is 0 Å². The molecular formula is C11H10N2O. The molecule has 1 N–H and O–H groups in total. The van der Waals surface area contributed by atoms with Crippen molar-refractivity contribution < 1.29 is 0 Å². The summed E-state index contributed by atoms with van der Waals surface area (Å²) >= 11 is 0. The molecule has 0 aliphatic carbocycles. The van der Waals surface area contributed by atoms with Crippen molar-refractivity contribution >= 4 is 0 Å². The summed E-state index contributed by atoms with van der Waals surface area (Å²) in [4.78, 5) is 13.7. The lowest BCUT2D eigenvalue weighted by Crippen LogP contribution is -1.96. The van der Waals surface area contributed by atoms with E-state index in [0.717, 1.165) is 11.3 Å². The Kier molecular flexibility index (Phi) is 2.40. The first-order valence-electron chi connectivity index (χ1n) is 4.42. The SMILES string of the molecule is O=NC(c1ccccc1)c1ccc[nH]1. The van der Waals surface area contributed by atoms with Gasteiger partial charge in [0, 0.05) is 11.9 Å². The summed E-state index contributed by atoms with van der Waals surface area (Å²) in [6, 6.07) is 12.8. The second-order valence-corrected chi connectivity index (χ2v) is 3.04. The van der Waals surface area contributed by atoms with Gasteiger partial charge in [-0.05, 0) is 17.7 Å². The van der Waals surface area contributed by atoms with Crippen LogP contribution in [0, 0.1) is 4.91 Å². The summed E-state index contributed by atoms with van der Waals surface area (Å²) < 4.78 is 0. The van der Waals surface area contributed by atoms with Gasteiger partial charge in [-0.15, -0.1) is 4.91 Å². The van der Waals surface area contributed by atoms with Crippen molar-refractivity contribution in [3.63, 3.8) is 0 Å². The second-order valence-electron chi connectivity index (χ2n) is 3.04. The predicted octanol–water partition coefficient (Wildman–Crippen LogP) is 2.87. The Bertz CT molecular complexity index is 394. The fourth-order valence-corrected chi connectivity index (χ4v) is 1.45. The van der Waals surface area contributed by atoms with Crippen LogP contribution in [0.3, 0.4) is 0 Å². The van der Waals surface area contributed by atoms with Crippen molar-refractivity contribution in [1.82, 2.24) is 4.98 Å². The highest BCUT2D eigenvalue weighted by atomic mass is 16.3. The third-order valence-corrected chi connectivity index (χ3v) is 2.14. The van der Waals surface area contributed by atoms with Gasteiger partial charge < -0.3 is 4.98 Å². The maximum atomic E-state index is 10.7. The summed E-state index contributed by atoms with van der Waals surface area (Å²) in [5, 5.41) is 3.12. The number of rotatable bonds is 3. The van der Waals surface area contributed by atoms with Gasteiger partial charge in [0.2, 0.25) is 0 Å². The van der Waals surface area contributed by atoms with Crippen LogP contribution in [-0.4, -0.2) is 4.98 Å². The standard InChI is InChI=1S/C11H10N2O/c14-13-11(10-7-4-8-12-10)9-5-2-1-3-6-9/h1-8,11-12H. The van der Waals surface area contributed by atoms with Crippen LogP contribution in [0.5, 0.6) is 0 Å². The summed E-state index contributed by atoms with van der Waals surface area (Å²) in [7, 11) is 0. The Labute approximate surface area is 81.8 Å². The maximum Gasteiger partial charge on any atom is 0.157 e. The van der Waals surface area contributed by atoms with Crippen molar-refractivity contribution in [3.8, 4) is 0 Å². The van der Waals surface area contributed by atoms with Gasteiger partial charge >= 0.3 is 0 Å². The molecule has 0 fully saturated rings. The van der Waals surface area contributed by atoms with Gasteiger partial charge in [0.15, 0.2) is 6.04 Å². The van der Waals surface area contributed by atoms with Gasteiger partial charge in [0.25, 0.3) is 0 Å². The van der Waals surface area contributed by atoms with Crippen LogP contribution in [0.4, 0.5) is 0 Å². The molecule has 2 aromatic rings. The third-order valence-electron chi connectivity index (χ3n) is 2.14. The fraction of sp³-hybridized carbons (Fsp3) is 0.0909. The van der Waals surface area contributed by atoms with E-state index in [4.69, 9.17) is 0 Å². The number of aromatic nitrogens is 1. The highest BCUT2D eigenvalue weighted by molar-refractivity contribution is 5.27. The van der Waals surface area contributed by atoms with E-state index in [-0.39, 0.29) is 0 Å².